The van der Waals surface area contributed by atoms with Gasteiger partial charge in [-0.2, -0.15) is 12.7 Å². The van der Waals surface area contributed by atoms with Crippen LogP contribution in [-0.2, 0) is 23.3 Å². The van der Waals surface area contributed by atoms with Crippen LogP contribution in [-0.4, -0.2) is 24.3 Å². The molecule has 3 N–H and O–H groups in total. The number of aromatic amines is 1. The lowest BCUT2D eigenvalue weighted by Gasteiger charge is -2.37. The summed E-state index contributed by atoms with van der Waals surface area (Å²) in [6.45, 7) is 4.26. The second-order valence-corrected chi connectivity index (χ2v) is 9.26. The molecule has 1 aliphatic heterocycles. The number of hydrogen-bond acceptors (Lipinski definition) is 3. The molecule has 4 rings (SSSR count). The first kappa shape index (κ1) is 19.1. The number of nitrogens with one attached hydrogen (secondary N) is 1. The van der Waals surface area contributed by atoms with Gasteiger partial charge >= 0.3 is 10.2 Å². The number of anilines is 2. The van der Waals surface area contributed by atoms with E-state index >= 15 is 0 Å². The lowest BCUT2D eigenvalue weighted by molar-refractivity contribution is 0.393. The van der Waals surface area contributed by atoms with E-state index in [9.17, 15) is 8.42 Å². The Hall–Kier alpha value is -2.19. The molecule has 6 nitrogen and oxygen atoms in total. The van der Waals surface area contributed by atoms with Crippen molar-refractivity contribution in [3.63, 3.8) is 0 Å². The molecule has 0 bridgehead atoms. The lowest BCUT2D eigenvalue weighted by Crippen LogP contribution is -2.47. The van der Waals surface area contributed by atoms with Crippen LogP contribution in [0.15, 0.2) is 49.2 Å². The second kappa shape index (κ2) is 7.00. The number of nitrogen functional groups attached to an aromatic ring is 1. The predicted molar refractivity (Wildman–Crippen MR) is 115 cm³/mol. The number of benzene rings is 2. The third-order valence-electron chi connectivity index (χ3n) is 4.75. The van der Waals surface area contributed by atoms with Crippen LogP contribution in [0.25, 0.3) is 10.9 Å². The first-order valence-electron chi connectivity index (χ1n) is 8.54. The third-order valence-corrected chi connectivity index (χ3v) is 7.14. The van der Waals surface area contributed by atoms with Crippen LogP contribution in [0.4, 0.5) is 11.4 Å². The minimum atomic E-state index is -3.79. The van der Waals surface area contributed by atoms with Crippen LogP contribution in [0.1, 0.15) is 11.1 Å². The van der Waals surface area contributed by atoms with Crippen molar-refractivity contribution in [3.8, 4) is 0 Å². The normalized spacial score (nSPS) is 16.3. The molecule has 2 aromatic carbocycles. The summed E-state index contributed by atoms with van der Waals surface area (Å²) in [7, 11) is -3.79. The lowest BCUT2D eigenvalue weighted by atomic mass is 10.1. The Bertz CT molecular complexity index is 1170. The zero-order valence-corrected chi connectivity index (χ0v) is 17.2. The molecule has 0 saturated carbocycles. The van der Waals surface area contributed by atoms with E-state index in [1.54, 1.807) is 30.5 Å². The van der Waals surface area contributed by atoms with Gasteiger partial charge in [-0.15, -0.1) is 6.58 Å². The van der Waals surface area contributed by atoms with Gasteiger partial charge in [0.05, 0.1) is 27.8 Å². The van der Waals surface area contributed by atoms with Gasteiger partial charge in [-0.1, -0.05) is 41.4 Å². The SMILES string of the molecule is C=CCN1c2c(cc(Cl)c3c(Cl)c[nH]c23)CN(Cc2ccc(N)cc2)S1(=O)=O. The first-order chi connectivity index (χ1) is 13.3. The quantitative estimate of drug-likeness (QED) is 0.472. The Morgan fingerprint density at radius 1 is 1.21 bits per heavy atom. The van der Waals surface area contributed by atoms with Crippen molar-refractivity contribution >= 4 is 55.7 Å². The summed E-state index contributed by atoms with van der Waals surface area (Å²) in [5, 5.41) is 1.53. The fourth-order valence-electron chi connectivity index (χ4n) is 3.47. The van der Waals surface area contributed by atoms with E-state index < -0.39 is 10.2 Å². The summed E-state index contributed by atoms with van der Waals surface area (Å²) in [6, 6.07) is 8.92. The van der Waals surface area contributed by atoms with Crippen LogP contribution in [0.5, 0.6) is 0 Å². The van der Waals surface area contributed by atoms with Crippen molar-refractivity contribution in [1.82, 2.24) is 9.29 Å². The Morgan fingerprint density at radius 2 is 1.93 bits per heavy atom. The van der Waals surface area contributed by atoms with E-state index in [4.69, 9.17) is 28.9 Å². The second-order valence-electron chi connectivity index (χ2n) is 6.59. The smallest absolute Gasteiger partial charge is 0.305 e. The summed E-state index contributed by atoms with van der Waals surface area (Å²) in [6.07, 6.45) is 3.16. The van der Waals surface area contributed by atoms with Crippen molar-refractivity contribution in [1.29, 1.82) is 0 Å². The van der Waals surface area contributed by atoms with Crippen molar-refractivity contribution in [2.24, 2.45) is 0 Å². The summed E-state index contributed by atoms with van der Waals surface area (Å²) in [5.41, 5.74) is 9.15. The maximum atomic E-state index is 13.4. The first-order valence-corrected chi connectivity index (χ1v) is 10.7. The molecule has 3 aromatic rings. The highest BCUT2D eigenvalue weighted by atomic mass is 35.5. The molecule has 0 fully saturated rings. The van der Waals surface area contributed by atoms with Gasteiger partial charge in [0.2, 0.25) is 0 Å². The Morgan fingerprint density at radius 3 is 2.61 bits per heavy atom. The average Bonchev–Trinajstić information content (AvgIpc) is 3.03. The largest absolute Gasteiger partial charge is 0.399 e. The molecule has 0 saturated heterocycles. The van der Waals surface area contributed by atoms with Gasteiger partial charge < -0.3 is 10.7 Å². The highest BCUT2D eigenvalue weighted by molar-refractivity contribution is 7.90. The minimum Gasteiger partial charge on any atom is -0.399 e. The number of halogens is 2. The third kappa shape index (κ3) is 3.04. The van der Waals surface area contributed by atoms with Gasteiger partial charge in [0.25, 0.3) is 0 Å². The molecule has 0 aliphatic carbocycles. The Kier molecular flexibility index (Phi) is 4.79. The van der Waals surface area contributed by atoms with E-state index in [2.05, 4.69) is 11.6 Å². The molecule has 0 unspecified atom stereocenters. The number of fused-ring (bicyclic) bond motifs is 3. The molecule has 2 heterocycles. The van der Waals surface area contributed by atoms with Crippen LogP contribution in [0, 0.1) is 0 Å². The van der Waals surface area contributed by atoms with E-state index in [1.165, 1.54) is 8.61 Å². The standard InChI is InChI=1S/C19H18Cl2N4O2S/c1-2-7-25-19-13(8-15(20)17-16(21)9-23-18(17)19)11-24(28(25,26)27)10-12-3-5-14(22)6-4-12/h2-6,8-9,23H,1,7,10-11,22H2. The molecular formula is C19H18Cl2N4O2S. The maximum absolute atomic E-state index is 13.4. The number of nitrogens with zero attached hydrogens (tertiary/aromatic N) is 2. The van der Waals surface area contributed by atoms with E-state index in [-0.39, 0.29) is 19.6 Å². The zero-order chi connectivity index (χ0) is 20.1. The summed E-state index contributed by atoms with van der Waals surface area (Å²) in [4.78, 5) is 3.06. The van der Waals surface area contributed by atoms with Gasteiger partial charge in [0.15, 0.2) is 0 Å². The minimum absolute atomic E-state index is 0.126. The monoisotopic (exact) mass is 436 g/mol. The molecule has 1 aromatic heterocycles. The summed E-state index contributed by atoms with van der Waals surface area (Å²) < 4.78 is 29.5. The number of H-pyrrole nitrogens is 1. The van der Waals surface area contributed by atoms with Crippen LogP contribution >= 0.6 is 23.2 Å². The highest BCUT2D eigenvalue weighted by Gasteiger charge is 2.38. The number of nitrogens with two attached hydrogens (primary N) is 1. The van der Waals surface area contributed by atoms with Crippen molar-refractivity contribution in [3.05, 3.63) is 70.4 Å². The molecule has 0 atom stereocenters. The fourth-order valence-corrected chi connectivity index (χ4v) is 5.73. The fraction of sp³-hybridized carbons (Fsp3) is 0.158. The molecule has 9 heteroatoms. The zero-order valence-electron chi connectivity index (χ0n) is 14.8. The van der Waals surface area contributed by atoms with Crippen LogP contribution < -0.4 is 10.0 Å². The van der Waals surface area contributed by atoms with Crippen molar-refractivity contribution in [2.75, 3.05) is 16.6 Å². The number of hydrogen-bond donors (Lipinski definition) is 2. The molecule has 0 amide bonds. The van der Waals surface area contributed by atoms with Crippen molar-refractivity contribution in [2.45, 2.75) is 13.1 Å². The average molecular weight is 437 g/mol. The van der Waals surface area contributed by atoms with Crippen molar-refractivity contribution < 1.29 is 8.42 Å². The molecule has 0 radical (unpaired) electrons. The highest BCUT2D eigenvalue weighted by Crippen LogP contribution is 2.43. The van der Waals surface area contributed by atoms with Crippen LogP contribution in [0.2, 0.25) is 10.0 Å². The maximum Gasteiger partial charge on any atom is 0.305 e. The van der Waals surface area contributed by atoms with Gasteiger partial charge in [-0.05, 0) is 29.3 Å². The molecular weight excluding hydrogens is 419 g/mol. The van der Waals surface area contributed by atoms with Gasteiger partial charge in [0, 0.05) is 30.4 Å². The number of rotatable bonds is 4. The molecule has 28 heavy (non-hydrogen) atoms. The molecule has 146 valence electrons. The van der Waals surface area contributed by atoms with Gasteiger partial charge in [-0.25, -0.2) is 0 Å². The summed E-state index contributed by atoms with van der Waals surface area (Å²) in [5.74, 6) is 0. The van der Waals surface area contributed by atoms with E-state index in [1.807, 2.05) is 12.1 Å². The molecule has 1 aliphatic rings. The summed E-state index contributed by atoms with van der Waals surface area (Å²) >= 11 is 12.7. The Balaban J connectivity index is 1.86. The molecule has 0 spiro atoms. The van der Waals surface area contributed by atoms with E-state index in [0.717, 1.165) is 11.1 Å². The number of aromatic nitrogens is 1. The Labute approximate surface area is 173 Å². The topological polar surface area (TPSA) is 82.4 Å². The predicted octanol–water partition coefficient (Wildman–Crippen LogP) is 4.31. The van der Waals surface area contributed by atoms with Crippen LogP contribution in [0.3, 0.4) is 0 Å². The van der Waals surface area contributed by atoms with E-state index in [0.29, 0.717) is 32.3 Å². The van der Waals surface area contributed by atoms with Gasteiger partial charge in [-0.3, -0.25) is 4.31 Å². The van der Waals surface area contributed by atoms with Gasteiger partial charge in [0.1, 0.15) is 0 Å².